The Hall–Kier alpha value is -2.60. The predicted molar refractivity (Wildman–Crippen MR) is 111 cm³/mol. The van der Waals surface area contributed by atoms with E-state index >= 15 is 0 Å². The van der Waals surface area contributed by atoms with Gasteiger partial charge in [0, 0.05) is 38.9 Å². The number of aryl methyl sites for hydroxylation is 1. The van der Waals surface area contributed by atoms with E-state index < -0.39 is 0 Å². The van der Waals surface area contributed by atoms with Gasteiger partial charge in [0.15, 0.2) is 0 Å². The van der Waals surface area contributed by atoms with Gasteiger partial charge in [0.2, 0.25) is 0 Å². The predicted octanol–water partition coefficient (Wildman–Crippen LogP) is 4.29. The summed E-state index contributed by atoms with van der Waals surface area (Å²) in [5.74, 6) is -0.193. The Kier molecular flexibility index (Phi) is 5.73. The summed E-state index contributed by atoms with van der Waals surface area (Å²) in [5.41, 5.74) is 6.81. The largest absolute Gasteiger partial charge is 0.376 e. The van der Waals surface area contributed by atoms with E-state index in [0.29, 0.717) is 0 Å². The van der Waals surface area contributed by atoms with Crippen LogP contribution in [-0.2, 0) is 11.3 Å². The number of carbonyl (C=O) groups is 1. The maximum Gasteiger partial charge on any atom is 0.259 e. The minimum Gasteiger partial charge on any atom is -0.376 e. The minimum atomic E-state index is -0.193. The number of hydrazone groups is 1. The van der Waals surface area contributed by atoms with Crippen LogP contribution in [0.25, 0.3) is 10.9 Å². The third kappa shape index (κ3) is 3.96. The Morgan fingerprint density at radius 2 is 1.92 bits per heavy atom. The van der Waals surface area contributed by atoms with Crippen LogP contribution in [-0.4, -0.2) is 23.2 Å². The van der Waals surface area contributed by atoms with E-state index in [1.54, 1.807) is 6.21 Å². The molecule has 0 aliphatic rings. The molecule has 0 spiro atoms. The number of halogens is 1. The standard InChI is InChI=1S/C20H21BrN4O/c1-3-25-14(2)18(17-6-4-5-7-19(17)25)12-23-24-20(26)13-22-16-10-8-15(21)9-11-16/h4-12,22H,3,13H2,1-2H3,(H,24,26)/b23-12-. The highest BCUT2D eigenvalue weighted by Gasteiger charge is 2.10. The quantitative estimate of drug-likeness (QED) is 0.468. The lowest BCUT2D eigenvalue weighted by atomic mass is 10.1. The second-order valence-electron chi connectivity index (χ2n) is 5.91. The molecule has 0 aliphatic carbocycles. The molecule has 0 aliphatic heterocycles. The van der Waals surface area contributed by atoms with Crippen LogP contribution < -0.4 is 10.7 Å². The summed E-state index contributed by atoms with van der Waals surface area (Å²) in [6.07, 6.45) is 1.72. The Bertz CT molecular complexity index is 944. The topological polar surface area (TPSA) is 58.4 Å². The monoisotopic (exact) mass is 412 g/mol. The van der Waals surface area contributed by atoms with Crippen LogP contribution in [0.15, 0.2) is 58.1 Å². The summed E-state index contributed by atoms with van der Waals surface area (Å²) < 4.78 is 3.24. The molecule has 0 saturated heterocycles. The Morgan fingerprint density at radius 1 is 1.19 bits per heavy atom. The summed E-state index contributed by atoms with van der Waals surface area (Å²) in [5, 5.41) is 8.34. The molecule has 0 atom stereocenters. The zero-order valence-electron chi connectivity index (χ0n) is 14.8. The zero-order chi connectivity index (χ0) is 18.5. The fourth-order valence-electron chi connectivity index (χ4n) is 2.99. The van der Waals surface area contributed by atoms with Gasteiger partial charge in [0.1, 0.15) is 0 Å². The molecular formula is C20H21BrN4O. The maximum atomic E-state index is 12.0. The van der Waals surface area contributed by atoms with Gasteiger partial charge in [-0.3, -0.25) is 4.79 Å². The molecule has 0 fully saturated rings. The third-order valence-corrected chi connectivity index (χ3v) is 4.80. The van der Waals surface area contributed by atoms with Crippen molar-refractivity contribution in [3.8, 4) is 0 Å². The summed E-state index contributed by atoms with van der Waals surface area (Å²) >= 11 is 3.38. The average Bonchev–Trinajstić information content (AvgIpc) is 2.92. The van der Waals surface area contributed by atoms with Crippen LogP contribution >= 0.6 is 15.9 Å². The van der Waals surface area contributed by atoms with Crippen LogP contribution in [0.4, 0.5) is 5.69 Å². The number of benzene rings is 2. The van der Waals surface area contributed by atoms with Crippen molar-refractivity contribution in [1.29, 1.82) is 0 Å². The van der Waals surface area contributed by atoms with Crippen molar-refractivity contribution in [1.82, 2.24) is 9.99 Å². The maximum absolute atomic E-state index is 12.0. The van der Waals surface area contributed by atoms with E-state index in [0.717, 1.165) is 33.3 Å². The molecule has 0 saturated carbocycles. The fraction of sp³-hybridized carbons (Fsp3) is 0.200. The molecule has 1 amide bonds. The molecule has 2 aromatic carbocycles. The van der Waals surface area contributed by atoms with Crippen molar-refractivity contribution in [3.05, 3.63) is 64.3 Å². The van der Waals surface area contributed by atoms with Gasteiger partial charge in [-0.1, -0.05) is 34.1 Å². The number of nitrogens with zero attached hydrogens (tertiary/aromatic N) is 2. The van der Waals surface area contributed by atoms with E-state index in [2.05, 4.69) is 62.3 Å². The Morgan fingerprint density at radius 3 is 2.65 bits per heavy atom. The molecular weight excluding hydrogens is 392 g/mol. The fourth-order valence-corrected chi connectivity index (χ4v) is 3.25. The molecule has 5 nitrogen and oxygen atoms in total. The summed E-state index contributed by atoms with van der Waals surface area (Å²) in [6.45, 7) is 5.25. The molecule has 0 bridgehead atoms. The number of fused-ring (bicyclic) bond motifs is 1. The van der Waals surface area contributed by atoms with Crippen LogP contribution in [0.2, 0.25) is 0 Å². The van der Waals surface area contributed by atoms with Crippen molar-refractivity contribution in [2.24, 2.45) is 5.10 Å². The normalized spacial score (nSPS) is 11.2. The number of carbonyl (C=O) groups excluding carboxylic acids is 1. The minimum absolute atomic E-state index is 0.161. The SMILES string of the molecule is CCn1c(C)c(/C=N\NC(=O)CNc2ccc(Br)cc2)c2ccccc21. The number of hydrogen-bond acceptors (Lipinski definition) is 3. The number of amides is 1. The highest BCUT2D eigenvalue weighted by atomic mass is 79.9. The smallest absolute Gasteiger partial charge is 0.259 e. The molecule has 3 aromatic rings. The van der Waals surface area contributed by atoms with Gasteiger partial charge in [-0.05, 0) is 44.2 Å². The van der Waals surface area contributed by atoms with Gasteiger partial charge in [-0.15, -0.1) is 0 Å². The number of rotatable bonds is 6. The zero-order valence-corrected chi connectivity index (χ0v) is 16.4. The molecule has 0 radical (unpaired) electrons. The van der Waals surface area contributed by atoms with Gasteiger partial charge < -0.3 is 9.88 Å². The number of nitrogens with one attached hydrogen (secondary N) is 2. The first-order valence-electron chi connectivity index (χ1n) is 8.49. The Labute approximate surface area is 161 Å². The van der Waals surface area contributed by atoms with Crippen LogP contribution in [0.1, 0.15) is 18.2 Å². The van der Waals surface area contributed by atoms with E-state index in [4.69, 9.17) is 0 Å². The van der Waals surface area contributed by atoms with E-state index in [-0.39, 0.29) is 12.5 Å². The first-order chi connectivity index (χ1) is 12.6. The third-order valence-electron chi connectivity index (χ3n) is 4.28. The van der Waals surface area contributed by atoms with Crippen LogP contribution in [0.5, 0.6) is 0 Å². The van der Waals surface area contributed by atoms with Crippen molar-refractivity contribution < 1.29 is 4.79 Å². The highest BCUT2D eigenvalue weighted by Crippen LogP contribution is 2.24. The number of aromatic nitrogens is 1. The van der Waals surface area contributed by atoms with E-state index in [9.17, 15) is 4.79 Å². The van der Waals surface area contributed by atoms with Crippen molar-refractivity contribution in [3.63, 3.8) is 0 Å². The van der Waals surface area contributed by atoms with E-state index in [1.165, 1.54) is 5.52 Å². The highest BCUT2D eigenvalue weighted by molar-refractivity contribution is 9.10. The molecule has 26 heavy (non-hydrogen) atoms. The van der Waals surface area contributed by atoms with Crippen LogP contribution in [0.3, 0.4) is 0 Å². The molecule has 2 N–H and O–H groups in total. The second-order valence-corrected chi connectivity index (χ2v) is 6.83. The van der Waals surface area contributed by atoms with Gasteiger partial charge in [0.05, 0.1) is 12.8 Å². The average molecular weight is 413 g/mol. The first kappa shape index (κ1) is 18.2. The molecule has 134 valence electrons. The molecule has 3 rings (SSSR count). The van der Waals surface area contributed by atoms with Crippen molar-refractivity contribution in [2.75, 3.05) is 11.9 Å². The summed E-state index contributed by atoms with van der Waals surface area (Å²) in [4.78, 5) is 12.0. The molecule has 1 aromatic heterocycles. The second kappa shape index (κ2) is 8.19. The van der Waals surface area contributed by atoms with Gasteiger partial charge in [0.25, 0.3) is 5.91 Å². The Balaban J connectivity index is 1.65. The lowest BCUT2D eigenvalue weighted by molar-refractivity contribution is -0.119. The van der Waals surface area contributed by atoms with Crippen LogP contribution in [0, 0.1) is 6.92 Å². The first-order valence-corrected chi connectivity index (χ1v) is 9.28. The number of para-hydroxylation sites is 1. The molecule has 0 unspecified atom stereocenters. The summed E-state index contributed by atoms with van der Waals surface area (Å²) in [7, 11) is 0. The lowest BCUT2D eigenvalue weighted by Gasteiger charge is -2.05. The molecule has 1 heterocycles. The number of hydrogen-bond donors (Lipinski definition) is 2. The lowest BCUT2D eigenvalue weighted by Crippen LogP contribution is -2.25. The summed E-state index contributed by atoms with van der Waals surface area (Å²) in [6, 6.07) is 15.9. The number of anilines is 1. The van der Waals surface area contributed by atoms with E-state index in [1.807, 2.05) is 36.4 Å². The molecule has 6 heteroatoms. The van der Waals surface area contributed by atoms with Crippen molar-refractivity contribution >= 4 is 44.6 Å². The van der Waals surface area contributed by atoms with Crippen molar-refractivity contribution in [2.45, 2.75) is 20.4 Å². The van der Waals surface area contributed by atoms with Gasteiger partial charge in [-0.2, -0.15) is 5.10 Å². The van der Waals surface area contributed by atoms with Gasteiger partial charge in [-0.25, -0.2) is 5.43 Å². The van der Waals surface area contributed by atoms with Gasteiger partial charge >= 0.3 is 0 Å².